The van der Waals surface area contributed by atoms with Crippen LogP contribution >= 0.6 is 0 Å². The maximum atomic E-state index is 10.3. The highest BCUT2D eigenvalue weighted by Crippen LogP contribution is 2.37. The predicted molar refractivity (Wildman–Crippen MR) is 66.9 cm³/mol. The molecule has 0 radical (unpaired) electrons. The molecule has 1 N–H and O–H groups in total. The maximum absolute atomic E-state index is 10.3. The normalized spacial score (nSPS) is 20.8. The van der Waals surface area contributed by atoms with E-state index in [0.29, 0.717) is 11.5 Å². The van der Waals surface area contributed by atoms with Crippen LogP contribution in [0.4, 0.5) is 0 Å². The second kappa shape index (κ2) is 3.91. The van der Waals surface area contributed by atoms with Crippen molar-refractivity contribution in [1.82, 2.24) is 15.0 Å². The molecule has 0 amide bonds. The lowest BCUT2D eigenvalue weighted by Crippen LogP contribution is -2.51. The fraction of sp³-hybridized carbons (Fsp3) is 0.583. The molecule has 1 aromatic heterocycles. The summed E-state index contributed by atoms with van der Waals surface area (Å²) < 4.78 is 4.98. The highest BCUT2D eigenvalue weighted by Gasteiger charge is 2.49. The number of rotatable bonds is 2. The van der Waals surface area contributed by atoms with Crippen molar-refractivity contribution in [2.45, 2.75) is 38.8 Å². The Morgan fingerprint density at radius 1 is 1.28 bits per heavy atom. The second-order valence-electron chi connectivity index (χ2n) is 5.29. The molecule has 0 fully saturated rings. The molecular weight excluding hydrogens is 232 g/mol. The van der Waals surface area contributed by atoms with Crippen molar-refractivity contribution in [3.05, 3.63) is 18.0 Å². The van der Waals surface area contributed by atoms with Crippen LogP contribution in [-0.2, 0) is 0 Å². The molecule has 0 atom stereocenters. The van der Waals surface area contributed by atoms with Crippen LogP contribution in [0.2, 0.25) is 0 Å². The lowest BCUT2D eigenvalue weighted by molar-refractivity contribution is -0.0994. The van der Waals surface area contributed by atoms with E-state index < -0.39 is 11.1 Å². The molecule has 0 aromatic carbocycles. The van der Waals surface area contributed by atoms with E-state index in [1.54, 1.807) is 12.3 Å². The molecule has 0 saturated carbocycles. The summed E-state index contributed by atoms with van der Waals surface area (Å²) in [7, 11) is 1.50. The summed E-state index contributed by atoms with van der Waals surface area (Å²) in [6.07, 6.45) is 1.58. The highest BCUT2D eigenvalue weighted by atomic mass is 16.5. The summed E-state index contributed by atoms with van der Waals surface area (Å²) in [6, 6.07) is 1.95. The van der Waals surface area contributed by atoms with Crippen LogP contribution in [0.1, 0.15) is 33.4 Å². The number of aromatic nitrogens is 2. The third-order valence-electron chi connectivity index (χ3n) is 3.66. The Bertz CT molecular complexity index is 497. The fourth-order valence-electron chi connectivity index (χ4n) is 1.70. The van der Waals surface area contributed by atoms with E-state index in [4.69, 9.17) is 4.74 Å². The first-order valence-corrected chi connectivity index (χ1v) is 5.76. The summed E-state index contributed by atoms with van der Waals surface area (Å²) in [5.74, 6) is 0.436. The third-order valence-corrected chi connectivity index (χ3v) is 3.66. The van der Waals surface area contributed by atoms with Gasteiger partial charge in [-0.05, 0) is 33.8 Å². The van der Waals surface area contributed by atoms with Gasteiger partial charge in [-0.15, -0.1) is 0 Å². The molecule has 18 heavy (non-hydrogen) atoms. The van der Waals surface area contributed by atoms with Gasteiger partial charge in [0.25, 0.3) is 0 Å². The quantitative estimate of drug-likeness (QED) is 0.861. The first-order chi connectivity index (χ1) is 8.29. The zero-order valence-corrected chi connectivity index (χ0v) is 11.3. The summed E-state index contributed by atoms with van der Waals surface area (Å²) in [6.45, 7) is 7.81. The second-order valence-corrected chi connectivity index (χ2v) is 5.29. The van der Waals surface area contributed by atoms with E-state index in [1.165, 1.54) is 7.11 Å². The van der Waals surface area contributed by atoms with E-state index >= 15 is 0 Å². The van der Waals surface area contributed by atoms with Crippen LogP contribution in [0.5, 0.6) is 6.01 Å². The Kier molecular flexibility index (Phi) is 2.77. The average Bonchev–Trinajstić information content (AvgIpc) is 2.49. The van der Waals surface area contributed by atoms with Gasteiger partial charge < -0.3 is 4.74 Å². The lowest BCUT2D eigenvalue weighted by Gasteiger charge is -2.36. The van der Waals surface area contributed by atoms with E-state index in [2.05, 4.69) is 15.0 Å². The van der Waals surface area contributed by atoms with E-state index in [1.807, 2.05) is 27.7 Å². The average molecular weight is 250 g/mol. The predicted octanol–water partition coefficient (Wildman–Crippen LogP) is 1.49. The van der Waals surface area contributed by atoms with Crippen molar-refractivity contribution in [3.63, 3.8) is 0 Å². The topological polar surface area (TPSA) is 70.8 Å². The Balaban J connectivity index is 2.46. The minimum Gasteiger partial charge on any atom is -0.467 e. The van der Waals surface area contributed by atoms with Gasteiger partial charge in [0, 0.05) is 6.20 Å². The van der Waals surface area contributed by atoms with Gasteiger partial charge in [0.2, 0.25) is 0 Å². The van der Waals surface area contributed by atoms with Crippen molar-refractivity contribution in [3.8, 4) is 6.01 Å². The largest absolute Gasteiger partial charge is 0.467 e. The standard InChI is InChI=1S/C12H18N4O2/c1-11(2)12(3,4)16(17)9(15-11)8-6-7-13-10(14-8)18-5/h6-7,17H,1-5H3. The van der Waals surface area contributed by atoms with Crippen molar-refractivity contribution in [2.24, 2.45) is 4.99 Å². The summed E-state index contributed by atoms with van der Waals surface area (Å²) in [5.41, 5.74) is -0.363. The van der Waals surface area contributed by atoms with Gasteiger partial charge in [0.15, 0.2) is 5.84 Å². The number of hydroxylamine groups is 2. The molecule has 6 nitrogen and oxygen atoms in total. The van der Waals surface area contributed by atoms with Crippen LogP contribution in [-0.4, -0.2) is 44.3 Å². The SMILES string of the molecule is COc1nccc(C2=NC(C)(C)C(C)(C)N2O)n1. The zero-order valence-electron chi connectivity index (χ0n) is 11.3. The van der Waals surface area contributed by atoms with Gasteiger partial charge in [0.1, 0.15) is 5.69 Å². The van der Waals surface area contributed by atoms with Crippen LogP contribution in [0.25, 0.3) is 0 Å². The fourth-order valence-corrected chi connectivity index (χ4v) is 1.70. The molecule has 1 aromatic rings. The molecule has 0 saturated heterocycles. The van der Waals surface area contributed by atoms with Crippen molar-refractivity contribution in [1.29, 1.82) is 0 Å². The molecular formula is C12H18N4O2. The number of hydrogen-bond donors (Lipinski definition) is 1. The molecule has 0 bridgehead atoms. The van der Waals surface area contributed by atoms with Gasteiger partial charge in [-0.3, -0.25) is 10.2 Å². The minimum atomic E-state index is -0.499. The number of methoxy groups -OCH3 is 1. The molecule has 2 rings (SSSR count). The Labute approximate surface area is 106 Å². The van der Waals surface area contributed by atoms with Crippen molar-refractivity contribution in [2.75, 3.05) is 7.11 Å². The molecule has 1 aliphatic heterocycles. The number of nitrogens with zero attached hydrogens (tertiary/aromatic N) is 4. The Morgan fingerprint density at radius 2 is 1.94 bits per heavy atom. The van der Waals surface area contributed by atoms with E-state index in [9.17, 15) is 5.21 Å². The van der Waals surface area contributed by atoms with Gasteiger partial charge in [0.05, 0.1) is 18.2 Å². The van der Waals surface area contributed by atoms with Crippen LogP contribution in [0.15, 0.2) is 17.3 Å². The van der Waals surface area contributed by atoms with Crippen LogP contribution in [0, 0.1) is 0 Å². The summed E-state index contributed by atoms with van der Waals surface area (Å²) >= 11 is 0. The summed E-state index contributed by atoms with van der Waals surface area (Å²) in [4.78, 5) is 12.7. The van der Waals surface area contributed by atoms with E-state index in [0.717, 1.165) is 5.06 Å². The number of hydrogen-bond acceptors (Lipinski definition) is 6. The van der Waals surface area contributed by atoms with Gasteiger partial charge in [-0.1, -0.05) is 0 Å². The lowest BCUT2D eigenvalue weighted by atomic mass is 9.84. The maximum Gasteiger partial charge on any atom is 0.316 e. The van der Waals surface area contributed by atoms with Crippen LogP contribution in [0.3, 0.4) is 0 Å². The first kappa shape index (κ1) is 12.8. The Morgan fingerprint density at radius 3 is 2.44 bits per heavy atom. The third kappa shape index (κ3) is 1.73. The number of ether oxygens (including phenoxy) is 1. The zero-order chi connectivity index (χ0) is 13.6. The first-order valence-electron chi connectivity index (χ1n) is 5.76. The molecule has 0 aliphatic carbocycles. The van der Waals surface area contributed by atoms with Crippen molar-refractivity contribution >= 4 is 5.84 Å². The minimum absolute atomic E-state index is 0.256. The van der Waals surface area contributed by atoms with E-state index in [-0.39, 0.29) is 6.01 Å². The smallest absolute Gasteiger partial charge is 0.316 e. The monoisotopic (exact) mass is 250 g/mol. The van der Waals surface area contributed by atoms with Crippen molar-refractivity contribution < 1.29 is 9.94 Å². The summed E-state index contributed by atoms with van der Waals surface area (Å²) in [5, 5.41) is 11.4. The molecule has 6 heteroatoms. The number of aliphatic imine (C=N–C) groups is 1. The van der Waals surface area contributed by atoms with Gasteiger partial charge in [-0.2, -0.15) is 4.98 Å². The Hall–Kier alpha value is -1.69. The van der Waals surface area contributed by atoms with Crippen LogP contribution < -0.4 is 4.74 Å². The molecule has 1 aliphatic rings. The molecule has 98 valence electrons. The van der Waals surface area contributed by atoms with Gasteiger partial charge in [-0.25, -0.2) is 10.0 Å². The molecule has 0 spiro atoms. The highest BCUT2D eigenvalue weighted by molar-refractivity contribution is 5.98. The molecule has 2 heterocycles. The molecule has 0 unspecified atom stereocenters. The number of amidine groups is 1. The van der Waals surface area contributed by atoms with Gasteiger partial charge >= 0.3 is 6.01 Å².